The highest BCUT2D eigenvalue weighted by Gasteiger charge is 2.45. The minimum atomic E-state index is -0.734. The van der Waals surface area contributed by atoms with Crippen LogP contribution in [-0.4, -0.2) is 42.2 Å². The quantitative estimate of drug-likeness (QED) is 0.792. The number of aliphatic hydroxyl groups is 1. The maximum atomic E-state index is 12.1. The number of rotatable bonds is 4. The molecule has 1 aliphatic heterocycles. The fourth-order valence-corrected chi connectivity index (χ4v) is 1.82. The van der Waals surface area contributed by atoms with Crippen molar-refractivity contribution in [2.24, 2.45) is 5.41 Å². The Morgan fingerprint density at radius 3 is 2.61 bits per heavy atom. The molecular weight excluding hydrogens is 234 g/mol. The van der Waals surface area contributed by atoms with Crippen LogP contribution in [0, 0.1) is 5.41 Å². The lowest BCUT2D eigenvalue weighted by molar-refractivity contribution is -0.304. The van der Waals surface area contributed by atoms with E-state index in [1.807, 2.05) is 13.8 Å². The Morgan fingerprint density at radius 2 is 2.06 bits per heavy atom. The molecule has 1 amide bonds. The van der Waals surface area contributed by atoms with Crippen molar-refractivity contribution in [3.8, 4) is 0 Å². The van der Waals surface area contributed by atoms with Gasteiger partial charge in [-0.05, 0) is 27.2 Å². The van der Waals surface area contributed by atoms with Crippen molar-refractivity contribution in [3.63, 3.8) is 0 Å². The van der Waals surface area contributed by atoms with Crippen LogP contribution in [0.2, 0.25) is 0 Å². The zero-order valence-corrected chi connectivity index (χ0v) is 11.9. The van der Waals surface area contributed by atoms with Gasteiger partial charge in [0.1, 0.15) is 6.10 Å². The van der Waals surface area contributed by atoms with Crippen molar-refractivity contribution in [1.82, 2.24) is 5.32 Å². The van der Waals surface area contributed by atoms with Gasteiger partial charge < -0.3 is 19.9 Å². The number of ether oxygens (including phenoxy) is 2. The van der Waals surface area contributed by atoms with E-state index in [9.17, 15) is 4.79 Å². The van der Waals surface area contributed by atoms with Gasteiger partial charge in [0, 0.05) is 12.0 Å². The summed E-state index contributed by atoms with van der Waals surface area (Å²) in [6, 6.07) is 0. The number of hydrogen-bond acceptors (Lipinski definition) is 4. The number of carbonyl (C=O) groups is 1. The fraction of sp³-hybridized carbons (Fsp3) is 0.923. The zero-order valence-electron chi connectivity index (χ0n) is 11.9. The van der Waals surface area contributed by atoms with Crippen LogP contribution in [0.1, 0.15) is 41.0 Å². The van der Waals surface area contributed by atoms with Gasteiger partial charge in [0.2, 0.25) is 5.91 Å². The average Bonchev–Trinajstić information content (AvgIpc) is 2.21. The van der Waals surface area contributed by atoms with E-state index in [-0.39, 0.29) is 11.3 Å². The van der Waals surface area contributed by atoms with Crippen molar-refractivity contribution in [2.75, 3.05) is 13.2 Å². The van der Waals surface area contributed by atoms with Crippen LogP contribution in [0.5, 0.6) is 0 Å². The molecule has 18 heavy (non-hydrogen) atoms. The zero-order chi connectivity index (χ0) is 14.0. The summed E-state index contributed by atoms with van der Waals surface area (Å²) in [6.45, 7) is 10.1. The Labute approximate surface area is 109 Å². The normalized spacial score (nSPS) is 27.6. The van der Waals surface area contributed by atoms with Crippen LogP contribution in [0.4, 0.5) is 0 Å². The van der Waals surface area contributed by atoms with Gasteiger partial charge >= 0.3 is 0 Å². The maximum Gasteiger partial charge on any atom is 0.249 e. The molecule has 0 spiro atoms. The third kappa shape index (κ3) is 4.23. The van der Waals surface area contributed by atoms with E-state index < -0.39 is 18.0 Å². The summed E-state index contributed by atoms with van der Waals surface area (Å²) in [5.74, 6) is -0.876. The lowest BCUT2D eigenvalue weighted by Crippen LogP contribution is -2.56. The molecule has 0 aromatic carbocycles. The summed E-state index contributed by atoms with van der Waals surface area (Å²) >= 11 is 0. The number of nitrogens with one attached hydrogen (secondary N) is 1. The second-order valence-corrected chi connectivity index (χ2v) is 6.10. The van der Waals surface area contributed by atoms with Crippen LogP contribution in [0.25, 0.3) is 0 Å². The van der Waals surface area contributed by atoms with Gasteiger partial charge in [-0.15, -0.1) is 0 Å². The van der Waals surface area contributed by atoms with Crippen molar-refractivity contribution < 1.29 is 19.4 Å². The van der Waals surface area contributed by atoms with Crippen LogP contribution >= 0.6 is 0 Å². The molecule has 2 atom stereocenters. The Morgan fingerprint density at radius 1 is 1.44 bits per heavy atom. The molecule has 2 N–H and O–H groups in total. The molecule has 106 valence electrons. The first-order chi connectivity index (χ1) is 8.14. The highest BCUT2D eigenvalue weighted by molar-refractivity contribution is 5.81. The standard InChI is InChI=1S/C13H25NO4/c1-9(15)6-7-14-11(16)10-12(2,3)8-17-13(4,5)18-10/h9-10,15H,6-8H2,1-5H3,(H,14,16). The van der Waals surface area contributed by atoms with E-state index in [2.05, 4.69) is 5.32 Å². The van der Waals surface area contributed by atoms with Crippen molar-refractivity contribution in [1.29, 1.82) is 0 Å². The van der Waals surface area contributed by atoms with Crippen LogP contribution in [0.15, 0.2) is 0 Å². The van der Waals surface area contributed by atoms with Crippen LogP contribution in [0.3, 0.4) is 0 Å². The predicted molar refractivity (Wildman–Crippen MR) is 68.0 cm³/mol. The van der Waals surface area contributed by atoms with Crippen LogP contribution < -0.4 is 5.32 Å². The lowest BCUT2D eigenvalue weighted by atomic mass is 9.85. The number of hydrogen-bond donors (Lipinski definition) is 2. The minimum Gasteiger partial charge on any atom is -0.393 e. The molecule has 0 aromatic rings. The topological polar surface area (TPSA) is 67.8 Å². The summed E-state index contributed by atoms with van der Waals surface area (Å²) in [7, 11) is 0. The Hall–Kier alpha value is -0.650. The van der Waals surface area contributed by atoms with Gasteiger partial charge in [-0.3, -0.25) is 4.79 Å². The Bertz CT molecular complexity index is 299. The van der Waals surface area contributed by atoms with E-state index in [1.54, 1.807) is 20.8 Å². The van der Waals surface area contributed by atoms with Crippen molar-refractivity contribution in [3.05, 3.63) is 0 Å². The van der Waals surface area contributed by atoms with Gasteiger partial charge in [-0.25, -0.2) is 0 Å². The van der Waals surface area contributed by atoms with Gasteiger partial charge in [0.05, 0.1) is 12.7 Å². The summed E-state index contributed by atoms with van der Waals surface area (Å²) in [4.78, 5) is 12.1. The van der Waals surface area contributed by atoms with E-state index in [1.165, 1.54) is 0 Å². The van der Waals surface area contributed by atoms with Gasteiger partial charge in [0.25, 0.3) is 0 Å². The second kappa shape index (κ2) is 5.55. The van der Waals surface area contributed by atoms with Crippen molar-refractivity contribution >= 4 is 5.91 Å². The molecule has 0 bridgehead atoms. The number of amides is 1. The fourth-order valence-electron chi connectivity index (χ4n) is 1.82. The molecule has 5 nitrogen and oxygen atoms in total. The minimum absolute atomic E-state index is 0.142. The SMILES string of the molecule is CC(O)CCNC(=O)C1OC(C)(C)OCC1(C)C. The highest BCUT2D eigenvalue weighted by atomic mass is 16.7. The maximum absolute atomic E-state index is 12.1. The molecule has 0 aromatic heterocycles. The molecule has 1 heterocycles. The van der Waals surface area contributed by atoms with Gasteiger partial charge in [0.15, 0.2) is 5.79 Å². The molecule has 0 radical (unpaired) electrons. The Balaban J connectivity index is 2.58. The average molecular weight is 259 g/mol. The predicted octanol–water partition coefficient (Wildman–Crippen LogP) is 1.05. The molecule has 2 unspecified atom stereocenters. The van der Waals surface area contributed by atoms with E-state index in [0.29, 0.717) is 19.6 Å². The first-order valence-corrected chi connectivity index (χ1v) is 6.42. The second-order valence-electron chi connectivity index (χ2n) is 6.10. The van der Waals surface area contributed by atoms with Gasteiger partial charge in [-0.1, -0.05) is 13.8 Å². The summed E-state index contributed by atoms with van der Waals surface area (Å²) in [5, 5.41) is 12.0. The number of aliphatic hydroxyl groups excluding tert-OH is 1. The van der Waals surface area contributed by atoms with E-state index >= 15 is 0 Å². The number of carbonyl (C=O) groups excluding carboxylic acids is 1. The molecule has 1 rings (SSSR count). The molecule has 0 saturated carbocycles. The van der Waals surface area contributed by atoms with E-state index in [4.69, 9.17) is 14.6 Å². The van der Waals surface area contributed by atoms with E-state index in [0.717, 1.165) is 0 Å². The Kier molecular flexibility index (Phi) is 4.75. The highest BCUT2D eigenvalue weighted by Crippen LogP contribution is 2.34. The summed E-state index contributed by atoms with van der Waals surface area (Å²) < 4.78 is 11.3. The molecule has 1 saturated heterocycles. The molecule has 1 aliphatic rings. The molecule has 1 fully saturated rings. The first-order valence-electron chi connectivity index (χ1n) is 6.42. The third-order valence-corrected chi connectivity index (χ3v) is 3.00. The monoisotopic (exact) mass is 259 g/mol. The largest absolute Gasteiger partial charge is 0.393 e. The first kappa shape index (κ1) is 15.4. The lowest BCUT2D eigenvalue weighted by Gasteiger charge is -2.44. The third-order valence-electron chi connectivity index (χ3n) is 3.00. The molecular formula is C13H25NO4. The van der Waals surface area contributed by atoms with Crippen LogP contribution in [-0.2, 0) is 14.3 Å². The molecule has 0 aliphatic carbocycles. The summed E-state index contributed by atoms with van der Waals surface area (Å²) in [6.07, 6.45) is -0.403. The van der Waals surface area contributed by atoms with Gasteiger partial charge in [-0.2, -0.15) is 0 Å². The summed E-state index contributed by atoms with van der Waals surface area (Å²) in [5.41, 5.74) is -0.357. The smallest absolute Gasteiger partial charge is 0.249 e. The van der Waals surface area contributed by atoms with Crippen molar-refractivity contribution in [2.45, 2.75) is 59.0 Å². The molecule has 5 heteroatoms.